The third-order valence-electron chi connectivity index (χ3n) is 9.77. The molecule has 298 valence electrons. The Balaban J connectivity index is 1.36. The zero-order valence-corrected chi connectivity index (χ0v) is 32.6. The number of carboxylic acid groups (broad SMARTS) is 1. The Morgan fingerprint density at radius 3 is 1.83 bits per heavy atom. The Bertz CT molecular complexity index is 2180. The summed E-state index contributed by atoms with van der Waals surface area (Å²) in [6.45, 7) is -0.510. The van der Waals surface area contributed by atoms with E-state index in [0.717, 1.165) is 32.7 Å². The second-order valence-corrected chi connectivity index (χ2v) is 15.2. The number of carboxylic acids is 1. The van der Waals surface area contributed by atoms with Crippen molar-refractivity contribution in [2.24, 2.45) is 0 Å². The molecule has 3 atom stereocenters. The maximum absolute atomic E-state index is 14.5. The van der Waals surface area contributed by atoms with Crippen LogP contribution in [0.5, 0.6) is 0 Å². The highest BCUT2D eigenvalue weighted by Crippen LogP contribution is 2.21. The smallest absolute Gasteiger partial charge is 0.323 e. The van der Waals surface area contributed by atoms with Crippen LogP contribution in [0.2, 0.25) is 0 Å². The van der Waals surface area contributed by atoms with Crippen LogP contribution in [-0.4, -0.2) is 70.2 Å². The number of carbonyl (C=O) groups is 6. The number of nitrogens with zero attached hydrogens (tertiary/aromatic N) is 1. The van der Waals surface area contributed by atoms with E-state index in [2.05, 4.69) is 21.3 Å². The number of hydrogen-bond acceptors (Lipinski definition) is 7. The van der Waals surface area contributed by atoms with Gasteiger partial charge in [0.05, 0.1) is 0 Å². The summed E-state index contributed by atoms with van der Waals surface area (Å²) in [7, 11) is 0. The zero-order valence-electron chi connectivity index (χ0n) is 31.8. The van der Waals surface area contributed by atoms with Crippen molar-refractivity contribution < 1.29 is 33.9 Å². The van der Waals surface area contributed by atoms with Crippen LogP contribution >= 0.6 is 11.3 Å². The van der Waals surface area contributed by atoms with Gasteiger partial charge in [0.25, 0.3) is 0 Å². The molecule has 12 nitrogen and oxygen atoms in total. The Kier molecular flexibility index (Phi) is 14.2. The lowest BCUT2D eigenvalue weighted by atomic mass is 9.99. The van der Waals surface area contributed by atoms with Crippen LogP contribution in [0.15, 0.2) is 127 Å². The van der Waals surface area contributed by atoms with Crippen molar-refractivity contribution in [3.63, 3.8) is 0 Å². The van der Waals surface area contributed by atoms with Gasteiger partial charge in [-0.15, -0.1) is 11.3 Å². The molecule has 0 fully saturated rings. The van der Waals surface area contributed by atoms with Crippen LogP contribution in [0.25, 0.3) is 11.1 Å². The number of rotatable bonds is 9. The third-order valence-corrected chi connectivity index (χ3v) is 10.7. The number of aliphatic carboxylic acids is 1. The van der Waals surface area contributed by atoms with Crippen molar-refractivity contribution >= 4 is 46.8 Å². The normalized spacial score (nSPS) is 18.7. The highest BCUT2D eigenvalue weighted by Gasteiger charge is 2.33. The summed E-state index contributed by atoms with van der Waals surface area (Å²) in [5.41, 5.74) is 4.80. The Hall–Kier alpha value is -6.60. The summed E-state index contributed by atoms with van der Waals surface area (Å²) < 4.78 is 0. The van der Waals surface area contributed by atoms with Gasteiger partial charge in [-0.05, 0) is 44.8 Å². The summed E-state index contributed by atoms with van der Waals surface area (Å²) in [4.78, 5) is 83.2. The first-order valence-corrected chi connectivity index (χ1v) is 19.9. The molecular formula is C45H45N5O7S. The molecule has 5 N–H and O–H groups in total. The second-order valence-electron chi connectivity index (χ2n) is 14.2. The summed E-state index contributed by atoms with van der Waals surface area (Å²) in [5, 5.41) is 23.1. The lowest BCUT2D eigenvalue weighted by Crippen LogP contribution is -2.58. The average molecular weight is 800 g/mol. The summed E-state index contributed by atoms with van der Waals surface area (Å²) in [6.07, 6.45) is -0.0695. The fraction of sp³-hybridized carbons (Fsp3) is 0.244. The van der Waals surface area contributed by atoms with E-state index in [4.69, 9.17) is 0 Å². The Morgan fingerprint density at radius 2 is 1.17 bits per heavy atom. The van der Waals surface area contributed by atoms with Crippen LogP contribution < -0.4 is 21.3 Å². The van der Waals surface area contributed by atoms with Gasteiger partial charge < -0.3 is 31.3 Å². The average Bonchev–Trinajstić information content (AvgIpc) is 3.75. The van der Waals surface area contributed by atoms with Crippen molar-refractivity contribution in [3.05, 3.63) is 154 Å². The van der Waals surface area contributed by atoms with Gasteiger partial charge in [0.15, 0.2) is 0 Å². The number of thiophene rings is 1. The molecule has 0 saturated heterocycles. The molecular weight excluding hydrogens is 755 g/mol. The number of benzene rings is 4. The molecule has 2 bridgehead atoms. The fourth-order valence-corrected chi connectivity index (χ4v) is 7.46. The van der Waals surface area contributed by atoms with Crippen LogP contribution in [-0.2, 0) is 61.1 Å². The molecule has 0 aliphatic carbocycles. The van der Waals surface area contributed by atoms with E-state index >= 15 is 0 Å². The maximum atomic E-state index is 14.5. The molecule has 0 spiro atoms. The number of carbonyl (C=O) groups excluding carboxylic acids is 5. The number of hydrogen-bond donors (Lipinski definition) is 5. The SMILES string of the molecule is O=C(O)CN1Cc2ccc(cc2)CNC(=O)CCC(=O)N[C@H](Cc2cccs2)C(=O)N[C@@H](Cc2ccc(-c3ccccc3)cc2)C(=O)N[C@H](Cc2ccccc2)C1=O. The van der Waals surface area contributed by atoms with Gasteiger partial charge in [-0.25, -0.2) is 0 Å². The van der Waals surface area contributed by atoms with Gasteiger partial charge in [0.2, 0.25) is 29.5 Å². The Morgan fingerprint density at radius 1 is 0.603 bits per heavy atom. The predicted molar refractivity (Wildman–Crippen MR) is 220 cm³/mol. The van der Waals surface area contributed by atoms with Crippen LogP contribution in [0.1, 0.15) is 40.0 Å². The van der Waals surface area contributed by atoms with Crippen molar-refractivity contribution in [2.45, 2.75) is 63.3 Å². The van der Waals surface area contributed by atoms with Gasteiger partial charge in [-0.1, -0.05) is 115 Å². The van der Waals surface area contributed by atoms with E-state index in [-0.39, 0.29) is 51.1 Å². The quantitative estimate of drug-likeness (QED) is 0.137. The first-order chi connectivity index (χ1) is 28.1. The fourth-order valence-electron chi connectivity index (χ4n) is 6.70. The van der Waals surface area contributed by atoms with Crippen molar-refractivity contribution in [1.29, 1.82) is 0 Å². The third kappa shape index (κ3) is 12.0. The Labute approximate surface area is 340 Å². The molecule has 0 radical (unpaired) electrons. The molecule has 7 rings (SSSR count). The molecule has 3 heterocycles. The molecule has 1 aromatic heterocycles. The lowest BCUT2D eigenvalue weighted by molar-refractivity contribution is -0.146. The molecule has 58 heavy (non-hydrogen) atoms. The predicted octanol–water partition coefficient (Wildman–Crippen LogP) is 4.42. The zero-order chi connectivity index (χ0) is 40.9. The summed E-state index contributed by atoms with van der Waals surface area (Å²) in [6, 6.07) is 33.6. The molecule has 0 saturated carbocycles. The maximum Gasteiger partial charge on any atom is 0.323 e. The van der Waals surface area contributed by atoms with Gasteiger partial charge in [-0.2, -0.15) is 0 Å². The van der Waals surface area contributed by atoms with Crippen LogP contribution in [0.4, 0.5) is 0 Å². The minimum atomic E-state index is -1.23. The topological polar surface area (TPSA) is 174 Å². The molecule has 2 aliphatic rings. The van der Waals surface area contributed by atoms with E-state index < -0.39 is 54.3 Å². The second kappa shape index (κ2) is 20.0. The minimum Gasteiger partial charge on any atom is -0.480 e. The van der Waals surface area contributed by atoms with Gasteiger partial charge >= 0.3 is 5.97 Å². The molecule has 5 amide bonds. The first kappa shape index (κ1) is 41.0. The van der Waals surface area contributed by atoms with Crippen LogP contribution in [0.3, 0.4) is 0 Å². The number of fused-ring (bicyclic) bond motifs is 18. The monoisotopic (exact) mass is 799 g/mol. The molecule has 13 heteroatoms. The van der Waals surface area contributed by atoms with E-state index in [1.54, 1.807) is 36.4 Å². The van der Waals surface area contributed by atoms with Crippen molar-refractivity contribution in [3.8, 4) is 11.1 Å². The van der Waals surface area contributed by atoms with Gasteiger partial charge in [0.1, 0.15) is 24.7 Å². The number of amides is 5. The lowest BCUT2D eigenvalue weighted by Gasteiger charge is -2.29. The standard InChI is InChI=1S/C45H45N5O7S/c51-40-21-22-41(52)47-38(26-36-12-7-23-58-36)44(56)48-37(24-31-17-19-35(20-18-31)34-10-5-2-6-11-34)43(55)49-39(25-30-8-3-1-4-9-30)45(57)50(29-42(53)54)28-33-15-13-32(14-16-33)27-46-40/h1-20,23,37-39H,21-22,24-29H2,(H,46,51)(H,47,52)(H,48,56)(H,49,55)(H,53,54)/t37-,38+,39+/m0/s1. The molecule has 2 aliphatic heterocycles. The van der Waals surface area contributed by atoms with Gasteiger partial charge in [0, 0.05) is 50.1 Å². The van der Waals surface area contributed by atoms with Crippen LogP contribution in [0, 0.1) is 0 Å². The molecule has 0 unspecified atom stereocenters. The minimum absolute atomic E-state index is 0.0317. The summed E-state index contributed by atoms with van der Waals surface area (Å²) >= 11 is 1.41. The van der Waals surface area contributed by atoms with E-state index in [9.17, 15) is 33.9 Å². The molecule has 4 aromatic carbocycles. The highest BCUT2D eigenvalue weighted by molar-refractivity contribution is 7.09. The van der Waals surface area contributed by atoms with E-state index in [0.29, 0.717) is 5.56 Å². The van der Waals surface area contributed by atoms with E-state index in [1.165, 1.54) is 16.2 Å². The highest BCUT2D eigenvalue weighted by atomic mass is 32.1. The number of nitrogens with one attached hydrogen (secondary N) is 4. The summed E-state index contributed by atoms with van der Waals surface area (Å²) in [5.74, 6) is -4.02. The van der Waals surface area contributed by atoms with Crippen molar-refractivity contribution in [2.75, 3.05) is 6.54 Å². The van der Waals surface area contributed by atoms with E-state index in [1.807, 2.05) is 90.3 Å². The molecule has 5 aromatic rings. The van der Waals surface area contributed by atoms with Crippen molar-refractivity contribution in [1.82, 2.24) is 26.2 Å². The first-order valence-electron chi connectivity index (χ1n) is 19.1. The van der Waals surface area contributed by atoms with Gasteiger partial charge in [-0.3, -0.25) is 28.8 Å². The largest absolute Gasteiger partial charge is 0.480 e.